The van der Waals surface area contributed by atoms with Gasteiger partial charge in [0.25, 0.3) is 5.91 Å². The van der Waals surface area contributed by atoms with E-state index in [1.807, 2.05) is 24.3 Å². The van der Waals surface area contributed by atoms with Crippen LogP contribution in [0.4, 0.5) is 11.5 Å². The third-order valence-corrected chi connectivity index (χ3v) is 6.37. The summed E-state index contributed by atoms with van der Waals surface area (Å²) in [6, 6.07) is 16.6. The molecule has 166 valence electrons. The van der Waals surface area contributed by atoms with Crippen LogP contribution in [0, 0.1) is 6.92 Å². The number of anilines is 2. The number of aryl methyl sites for hydroxylation is 1. The summed E-state index contributed by atoms with van der Waals surface area (Å²) in [6.45, 7) is 8.28. The van der Waals surface area contributed by atoms with Gasteiger partial charge in [-0.25, -0.2) is 4.98 Å². The van der Waals surface area contributed by atoms with E-state index in [9.17, 15) is 4.79 Å². The molecule has 0 radical (unpaired) electrons. The second-order valence-corrected chi connectivity index (χ2v) is 8.68. The molecular formula is C26H30N4O2. The average molecular weight is 431 g/mol. The zero-order valence-corrected chi connectivity index (χ0v) is 18.6. The van der Waals surface area contributed by atoms with Crippen LogP contribution in [0.3, 0.4) is 0 Å². The molecule has 2 aliphatic rings. The van der Waals surface area contributed by atoms with Crippen LogP contribution in [-0.4, -0.2) is 61.7 Å². The number of hydrogen-bond donors (Lipinski definition) is 1. The highest BCUT2D eigenvalue weighted by molar-refractivity contribution is 5.94. The molecule has 1 aromatic heterocycles. The minimum absolute atomic E-state index is 0.0139. The number of aromatic nitrogens is 1. The first-order valence-corrected chi connectivity index (χ1v) is 11.5. The Balaban J connectivity index is 1.21. The molecule has 0 unspecified atom stereocenters. The lowest BCUT2D eigenvalue weighted by Crippen LogP contribution is -2.38. The highest BCUT2D eigenvalue weighted by atomic mass is 16.5. The molecular weight excluding hydrogens is 400 g/mol. The van der Waals surface area contributed by atoms with Gasteiger partial charge in [0.1, 0.15) is 5.82 Å². The number of nitrogens with one attached hydrogen (secondary N) is 1. The first-order valence-electron chi connectivity index (χ1n) is 11.5. The third kappa shape index (κ3) is 4.47. The Morgan fingerprint density at radius 2 is 1.88 bits per heavy atom. The largest absolute Gasteiger partial charge is 0.379 e. The number of fused-ring (bicyclic) bond motifs is 2. The van der Waals surface area contributed by atoms with Gasteiger partial charge in [0.05, 0.1) is 18.7 Å². The van der Waals surface area contributed by atoms with Gasteiger partial charge in [0.15, 0.2) is 0 Å². The number of pyridine rings is 1. The zero-order valence-electron chi connectivity index (χ0n) is 18.6. The van der Waals surface area contributed by atoms with Gasteiger partial charge in [-0.2, -0.15) is 0 Å². The van der Waals surface area contributed by atoms with Gasteiger partial charge in [0.2, 0.25) is 0 Å². The number of carbonyl (C=O) groups is 1. The van der Waals surface area contributed by atoms with Gasteiger partial charge in [-0.1, -0.05) is 12.1 Å². The van der Waals surface area contributed by atoms with E-state index in [1.54, 1.807) is 0 Å². The number of carbonyl (C=O) groups excluding carboxylic acids is 1. The van der Waals surface area contributed by atoms with Crippen LogP contribution in [0.5, 0.6) is 0 Å². The standard InChI is InChI=1S/C26H30N4O2/c1-19-3-4-21-18-22-9-12-30(25(22)28-24(21)17-19)23-7-5-20(6-8-23)26(31)27-10-2-11-29-13-15-32-16-14-29/h3-8,17-18H,2,9-16H2,1H3,(H,27,31). The first-order chi connectivity index (χ1) is 15.7. The number of nitrogens with zero attached hydrogens (tertiary/aromatic N) is 3. The molecule has 1 fully saturated rings. The molecule has 0 atom stereocenters. The Bertz CT molecular complexity index is 1110. The summed E-state index contributed by atoms with van der Waals surface area (Å²) in [7, 11) is 0. The molecule has 1 N–H and O–H groups in total. The molecule has 5 rings (SSSR count). The molecule has 0 bridgehead atoms. The SMILES string of the molecule is Cc1ccc2cc3c(nc2c1)N(c1ccc(C(=O)NCCCN2CCOCC2)cc1)CC3. The Hall–Kier alpha value is -2.96. The van der Waals surface area contributed by atoms with Crippen LogP contribution < -0.4 is 10.2 Å². The lowest BCUT2D eigenvalue weighted by atomic mass is 10.1. The predicted molar refractivity (Wildman–Crippen MR) is 128 cm³/mol. The fourth-order valence-electron chi connectivity index (χ4n) is 4.54. The predicted octanol–water partition coefficient (Wildman–Crippen LogP) is 3.69. The van der Waals surface area contributed by atoms with Crippen molar-refractivity contribution >= 4 is 28.3 Å². The van der Waals surface area contributed by atoms with Crippen molar-refractivity contribution in [2.45, 2.75) is 19.8 Å². The summed E-state index contributed by atoms with van der Waals surface area (Å²) < 4.78 is 5.37. The molecule has 3 aromatic rings. The summed E-state index contributed by atoms with van der Waals surface area (Å²) in [5.74, 6) is 1.02. The van der Waals surface area contributed by atoms with Crippen molar-refractivity contribution in [1.82, 2.24) is 15.2 Å². The van der Waals surface area contributed by atoms with Gasteiger partial charge in [-0.15, -0.1) is 0 Å². The fraction of sp³-hybridized carbons (Fsp3) is 0.385. The van der Waals surface area contributed by atoms with E-state index in [-0.39, 0.29) is 5.91 Å². The molecule has 1 amide bonds. The molecule has 6 nitrogen and oxygen atoms in total. The Labute approximate surface area is 189 Å². The molecule has 0 saturated carbocycles. The summed E-state index contributed by atoms with van der Waals surface area (Å²) >= 11 is 0. The van der Waals surface area contributed by atoms with E-state index < -0.39 is 0 Å². The van der Waals surface area contributed by atoms with Crippen molar-refractivity contribution in [3.8, 4) is 0 Å². The third-order valence-electron chi connectivity index (χ3n) is 6.37. The van der Waals surface area contributed by atoms with E-state index in [1.165, 1.54) is 16.5 Å². The van der Waals surface area contributed by atoms with Crippen LogP contribution in [-0.2, 0) is 11.2 Å². The molecule has 6 heteroatoms. The lowest BCUT2D eigenvalue weighted by molar-refractivity contribution is 0.0374. The van der Waals surface area contributed by atoms with Gasteiger partial charge in [-0.3, -0.25) is 9.69 Å². The summed E-state index contributed by atoms with van der Waals surface area (Å²) in [5.41, 5.74) is 5.30. The minimum atomic E-state index is -0.0139. The quantitative estimate of drug-likeness (QED) is 0.605. The second-order valence-electron chi connectivity index (χ2n) is 8.68. The van der Waals surface area contributed by atoms with E-state index in [4.69, 9.17) is 9.72 Å². The van der Waals surface area contributed by atoms with Gasteiger partial charge >= 0.3 is 0 Å². The fourth-order valence-corrected chi connectivity index (χ4v) is 4.54. The molecule has 0 spiro atoms. The van der Waals surface area contributed by atoms with Crippen LogP contribution in [0.15, 0.2) is 48.5 Å². The molecule has 1 saturated heterocycles. The van der Waals surface area contributed by atoms with Crippen LogP contribution in [0.1, 0.15) is 27.9 Å². The maximum absolute atomic E-state index is 12.5. The second kappa shape index (κ2) is 9.27. The number of morpholine rings is 1. The number of amides is 1. The maximum atomic E-state index is 12.5. The summed E-state index contributed by atoms with van der Waals surface area (Å²) in [6.07, 6.45) is 1.94. The number of hydrogen-bond acceptors (Lipinski definition) is 5. The molecule has 0 aliphatic carbocycles. The summed E-state index contributed by atoms with van der Waals surface area (Å²) in [5, 5.41) is 4.24. The van der Waals surface area contributed by atoms with E-state index in [0.717, 1.165) is 69.3 Å². The van der Waals surface area contributed by atoms with Crippen molar-refractivity contribution in [2.24, 2.45) is 0 Å². The van der Waals surface area contributed by atoms with Crippen LogP contribution >= 0.6 is 0 Å². The monoisotopic (exact) mass is 430 g/mol. The van der Waals surface area contributed by atoms with E-state index >= 15 is 0 Å². The first kappa shape index (κ1) is 20.9. The van der Waals surface area contributed by atoms with E-state index in [2.05, 4.69) is 46.3 Å². The van der Waals surface area contributed by atoms with Crippen LogP contribution in [0.2, 0.25) is 0 Å². The molecule has 2 aromatic carbocycles. The van der Waals surface area contributed by atoms with Crippen molar-refractivity contribution < 1.29 is 9.53 Å². The lowest BCUT2D eigenvalue weighted by Gasteiger charge is -2.26. The molecule has 32 heavy (non-hydrogen) atoms. The Kier molecular flexibility index (Phi) is 6.06. The number of ether oxygens (including phenoxy) is 1. The Morgan fingerprint density at radius 1 is 1.06 bits per heavy atom. The topological polar surface area (TPSA) is 57.7 Å². The highest BCUT2D eigenvalue weighted by Gasteiger charge is 2.23. The Morgan fingerprint density at radius 3 is 2.69 bits per heavy atom. The molecule has 2 aliphatic heterocycles. The average Bonchev–Trinajstić information content (AvgIpc) is 3.23. The zero-order chi connectivity index (χ0) is 21.9. The number of rotatable bonds is 6. The molecule has 3 heterocycles. The van der Waals surface area contributed by atoms with Crippen molar-refractivity contribution in [2.75, 3.05) is 50.8 Å². The van der Waals surface area contributed by atoms with Gasteiger partial charge in [0, 0.05) is 42.8 Å². The van der Waals surface area contributed by atoms with E-state index in [0.29, 0.717) is 12.1 Å². The summed E-state index contributed by atoms with van der Waals surface area (Å²) in [4.78, 5) is 22.1. The number of benzene rings is 2. The van der Waals surface area contributed by atoms with Crippen molar-refractivity contribution in [3.63, 3.8) is 0 Å². The maximum Gasteiger partial charge on any atom is 0.251 e. The van der Waals surface area contributed by atoms with Gasteiger partial charge < -0.3 is 15.0 Å². The highest BCUT2D eigenvalue weighted by Crippen LogP contribution is 2.35. The van der Waals surface area contributed by atoms with Crippen LogP contribution in [0.25, 0.3) is 10.9 Å². The normalized spacial score (nSPS) is 16.3. The minimum Gasteiger partial charge on any atom is -0.379 e. The smallest absolute Gasteiger partial charge is 0.251 e. The van der Waals surface area contributed by atoms with Gasteiger partial charge in [-0.05, 0) is 73.8 Å². The van der Waals surface area contributed by atoms with Crippen molar-refractivity contribution in [3.05, 3.63) is 65.2 Å². The van der Waals surface area contributed by atoms with Crippen molar-refractivity contribution in [1.29, 1.82) is 0 Å².